The van der Waals surface area contributed by atoms with Crippen molar-refractivity contribution in [1.29, 1.82) is 0 Å². The summed E-state index contributed by atoms with van der Waals surface area (Å²) < 4.78 is 1.59. The minimum Gasteiger partial charge on any atom is -0.395 e. The second kappa shape index (κ2) is 5.85. The van der Waals surface area contributed by atoms with E-state index < -0.39 is 0 Å². The maximum absolute atomic E-state index is 12.4. The average Bonchev–Trinajstić information content (AvgIpc) is 3.02. The predicted molar refractivity (Wildman–Crippen MR) is 80.5 cm³/mol. The van der Waals surface area contributed by atoms with E-state index in [2.05, 4.69) is 17.3 Å². The quantitative estimate of drug-likeness (QED) is 0.867. The summed E-state index contributed by atoms with van der Waals surface area (Å²) in [5, 5.41) is 7.37. The zero-order chi connectivity index (χ0) is 14.8. The van der Waals surface area contributed by atoms with Crippen LogP contribution in [-0.2, 0) is 13.5 Å². The number of anilines is 1. The van der Waals surface area contributed by atoms with Gasteiger partial charge in [-0.3, -0.25) is 9.48 Å². The molecule has 1 saturated carbocycles. The number of hydrogen-bond acceptors (Lipinski definition) is 3. The van der Waals surface area contributed by atoms with Crippen molar-refractivity contribution in [3.8, 4) is 0 Å². The summed E-state index contributed by atoms with van der Waals surface area (Å²) in [6.07, 6.45) is 6.84. The van der Waals surface area contributed by atoms with Gasteiger partial charge in [-0.25, -0.2) is 0 Å². The Hall–Kier alpha value is -1.52. The highest BCUT2D eigenvalue weighted by molar-refractivity contribution is 5.98. The number of nitrogens with zero attached hydrogens (tertiary/aromatic N) is 2. The molecule has 0 aliphatic heterocycles. The first-order valence-electron chi connectivity index (χ1n) is 7.62. The van der Waals surface area contributed by atoms with Gasteiger partial charge in [0.2, 0.25) is 0 Å². The molecule has 20 heavy (non-hydrogen) atoms. The Morgan fingerprint density at radius 2 is 2.05 bits per heavy atom. The van der Waals surface area contributed by atoms with E-state index in [0.29, 0.717) is 11.4 Å². The van der Waals surface area contributed by atoms with E-state index in [1.165, 1.54) is 25.7 Å². The Balaban J connectivity index is 2.07. The van der Waals surface area contributed by atoms with Gasteiger partial charge in [0, 0.05) is 13.6 Å². The molecule has 0 aromatic carbocycles. The van der Waals surface area contributed by atoms with E-state index in [4.69, 9.17) is 5.73 Å². The van der Waals surface area contributed by atoms with Crippen LogP contribution < -0.4 is 11.1 Å². The van der Waals surface area contributed by atoms with Gasteiger partial charge < -0.3 is 11.1 Å². The first-order valence-corrected chi connectivity index (χ1v) is 7.62. The lowest BCUT2D eigenvalue weighted by atomic mass is 9.83. The standard InChI is InChI=1S/C15H26N4O/c1-4-11-12(16)13(19(3)18-11)14(20)17-10-15(5-2)8-6-7-9-15/h4-10,16H2,1-3H3,(H,17,20). The Bertz CT molecular complexity index is 486. The molecule has 1 fully saturated rings. The highest BCUT2D eigenvalue weighted by Crippen LogP contribution is 2.40. The number of carbonyl (C=O) groups is 1. The smallest absolute Gasteiger partial charge is 0.271 e. The molecule has 0 unspecified atom stereocenters. The van der Waals surface area contributed by atoms with Crippen LogP contribution in [0.5, 0.6) is 0 Å². The van der Waals surface area contributed by atoms with E-state index in [0.717, 1.165) is 25.1 Å². The van der Waals surface area contributed by atoms with E-state index in [1.54, 1.807) is 11.7 Å². The van der Waals surface area contributed by atoms with E-state index in [-0.39, 0.29) is 11.3 Å². The monoisotopic (exact) mass is 278 g/mol. The first-order chi connectivity index (χ1) is 9.53. The van der Waals surface area contributed by atoms with Crippen LogP contribution in [0.25, 0.3) is 0 Å². The lowest BCUT2D eigenvalue weighted by Gasteiger charge is -2.27. The topological polar surface area (TPSA) is 72.9 Å². The number of rotatable bonds is 5. The molecule has 5 heteroatoms. The predicted octanol–water partition coefficient (Wildman–Crippen LogP) is 2.26. The minimum absolute atomic E-state index is 0.100. The third kappa shape index (κ3) is 2.67. The number of aryl methyl sites for hydroxylation is 2. The molecular formula is C15H26N4O. The lowest BCUT2D eigenvalue weighted by molar-refractivity contribution is 0.0920. The normalized spacial score (nSPS) is 17.4. The molecule has 0 saturated heterocycles. The second-order valence-corrected chi connectivity index (χ2v) is 5.93. The number of nitrogens with one attached hydrogen (secondary N) is 1. The van der Waals surface area contributed by atoms with Crippen molar-refractivity contribution in [1.82, 2.24) is 15.1 Å². The molecule has 1 aliphatic rings. The van der Waals surface area contributed by atoms with Gasteiger partial charge in [-0.2, -0.15) is 5.10 Å². The van der Waals surface area contributed by atoms with Crippen molar-refractivity contribution in [2.75, 3.05) is 12.3 Å². The molecule has 0 radical (unpaired) electrons. The van der Waals surface area contributed by atoms with Crippen molar-refractivity contribution in [2.45, 2.75) is 52.4 Å². The Kier molecular flexibility index (Phi) is 4.35. The van der Waals surface area contributed by atoms with Crippen LogP contribution in [0, 0.1) is 5.41 Å². The number of hydrogen-bond donors (Lipinski definition) is 2. The van der Waals surface area contributed by atoms with Crippen LogP contribution in [0.2, 0.25) is 0 Å². The Labute approximate surface area is 120 Å². The number of amides is 1. The Morgan fingerprint density at radius 1 is 1.40 bits per heavy atom. The fraction of sp³-hybridized carbons (Fsp3) is 0.733. The molecule has 5 nitrogen and oxygen atoms in total. The number of aromatic nitrogens is 2. The zero-order valence-electron chi connectivity index (χ0n) is 12.8. The third-order valence-corrected chi connectivity index (χ3v) is 4.75. The molecule has 0 spiro atoms. The summed E-state index contributed by atoms with van der Waals surface area (Å²) in [7, 11) is 1.77. The van der Waals surface area contributed by atoms with Gasteiger partial charge in [0.25, 0.3) is 5.91 Å². The summed E-state index contributed by atoms with van der Waals surface area (Å²) in [5.41, 5.74) is 8.11. The van der Waals surface area contributed by atoms with E-state index in [1.807, 2.05) is 6.92 Å². The van der Waals surface area contributed by atoms with E-state index >= 15 is 0 Å². The summed E-state index contributed by atoms with van der Waals surface area (Å²) >= 11 is 0. The van der Waals surface area contributed by atoms with Crippen LogP contribution >= 0.6 is 0 Å². The van der Waals surface area contributed by atoms with Gasteiger partial charge in [-0.15, -0.1) is 0 Å². The van der Waals surface area contributed by atoms with Crippen molar-refractivity contribution in [3.05, 3.63) is 11.4 Å². The SMILES string of the molecule is CCc1nn(C)c(C(=O)NCC2(CC)CCCC2)c1N. The fourth-order valence-electron chi connectivity index (χ4n) is 3.26. The minimum atomic E-state index is -0.100. The lowest BCUT2D eigenvalue weighted by Crippen LogP contribution is -2.36. The summed E-state index contributed by atoms with van der Waals surface area (Å²) in [5.74, 6) is -0.100. The van der Waals surface area contributed by atoms with Gasteiger partial charge in [0.1, 0.15) is 5.69 Å². The molecule has 1 aromatic rings. The molecule has 3 N–H and O–H groups in total. The highest BCUT2D eigenvalue weighted by atomic mass is 16.2. The third-order valence-electron chi connectivity index (χ3n) is 4.75. The van der Waals surface area contributed by atoms with Crippen molar-refractivity contribution < 1.29 is 4.79 Å². The second-order valence-electron chi connectivity index (χ2n) is 5.93. The van der Waals surface area contributed by atoms with Gasteiger partial charge in [-0.05, 0) is 31.1 Å². The maximum Gasteiger partial charge on any atom is 0.271 e. The van der Waals surface area contributed by atoms with Crippen LogP contribution in [0.4, 0.5) is 5.69 Å². The highest BCUT2D eigenvalue weighted by Gasteiger charge is 2.32. The van der Waals surface area contributed by atoms with Crippen molar-refractivity contribution >= 4 is 11.6 Å². The molecule has 0 bridgehead atoms. The summed E-state index contributed by atoms with van der Waals surface area (Å²) in [6.45, 7) is 4.95. The number of nitrogens with two attached hydrogens (primary N) is 1. The van der Waals surface area contributed by atoms with Crippen molar-refractivity contribution in [2.24, 2.45) is 12.5 Å². The molecule has 1 aliphatic carbocycles. The molecule has 0 atom stereocenters. The van der Waals surface area contributed by atoms with Crippen LogP contribution in [-0.4, -0.2) is 22.2 Å². The summed E-state index contributed by atoms with van der Waals surface area (Å²) in [6, 6.07) is 0. The molecule has 2 rings (SSSR count). The average molecular weight is 278 g/mol. The zero-order valence-corrected chi connectivity index (χ0v) is 12.8. The van der Waals surface area contributed by atoms with Gasteiger partial charge in [-0.1, -0.05) is 26.7 Å². The van der Waals surface area contributed by atoms with Crippen LogP contribution in [0.1, 0.15) is 62.1 Å². The van der Waals surface area contributed by atoms with Gasteiger partial charge in [0.05, 0.1) is 11.4 Å². The van der Waals surface area contributed by atoms with Crippen LogP contribution in [0.15, 0.2) is 0 Å². The first kappa shape index (κ1) is 14.9. The van der Waals surface area contributed by atoms with Crippen LogP contribution in [0.3, 0.4) is 0 Å². The molecule has 112 valence electrons. The fourth-order valence-corrected chi connectivity index (χ4v) is 3.26. The van der Waals surface area contributed by atoms with E-state index in [9.17, 15) is 4.79 Å². The molecule has 1 amide bonds. The molecule has 1 aromatic heterocycles. The number of nitrogen functional groups attached to an aromatic ring is 1. The number of carbonyl (C=O) groups excluding carboxylic acids is 1. The maximum atomic E-state index is 12.4. The van der Waals surface area contributed by atoms with Gasteiger partial charge in [0.15, 0.2) is 0 Å². The molecular weight excluding hydrogens is 252 g/mol. The van der Waals surface area contributed by atoms with Gasteiger partial charge >= 0.3 is 0 Å². The largest absolute Gasteiger partial charge is 0.395 e. The molecule has 1 heterocycles. The summed E-state index contributed by atoms with van der Waals surface area (Å²) in [4.78, 5) is 12.4. The van der Waals surface area contributed by atoms with Crippen molar-refractivity contribution in [3.63, 3.8) is 0 Å². The Morgan fingerprint density at radius 3 is 2.55 bits per heavy atom.